The van der Waals surface area contributed by atoms with Gasteiger partial charge in [0.1, 0.15) is 11.2 Å². The molecule has 5 rings (SSSR count). The summed E-state index contributed by atoms with van der Waals surface area (Å²) in [7, 11) is 0. The fraction of sp³-hybridized carbons (Fsp3) is 0.0435. The van der Waals surface area contributed by atoms with Gasteiger partial charge in [-0.15, -0.1) is 0 Å². The molecule has 0 aliphatic carbocycles. The summed E-state index contributed by atoms with van der Waals surface area (Å²) in [6, 6.07) is 24.7. The molecule has 0 spiro atoms. The van der Waals surface area contributed by atoms with E-state index in [9.17, 15) is 0 Å². The lowest BCUT2D eigenvalue weighted by Gasteiger charge is -2.13. The number of rotatable bonds is 1. The topological polar surface area (TPSA) is 13.1 Å². The highest BCUT2D eigenvalue weighted by Crippen LogP contribution is 2.46. The highest BCUT2D eigenvalue weighted by Gasteiger charge is 2.20. The SMILES string of the molecule is Cc1ccccc1-c1c(Cl)c2ccccc2c2oc3ccccc3c12. The third-order valence-corrected chi connectivity index (χ3v) is 5.28. The van der Waals surface area contributed by atoms with E-state index >= 15 is 0 Å². The fourth-order valence-corrected chi connectivity index (χ4v) is 4.07. The molecule has 0 amide bonds. The van der Waals surface area contributed by atoms with E-state index in [1.807, 2.05) is 30.3 Å². The van der Waals surface area contributed by atoms with Crippen LogP contribution in [-0.4, -0.2) is 0 Å². The van der Waals surface area contributed by atoms with E-state index in [0.29, 0.717) is 0 Å². The first-order chi connectivity index (χ1) is 12.3. The maximum Gasteiger partial charge on any atom is 0.143 e. The van der Waals surface area contributed by atoms with Crippen molar-refractivity contribution in [2.24, 2.45) is 0 Å². The average Bonchev–Trinajstić information content (AvgIpc) is 3.03. The van der Waals surface area contributed by atoms with Crippen molar-refractivity contribution in [1.29, 1.82) is 0 Å². The third kappa shape index (κ3) is 2.03. The number of benzene rings is 4. The molecule has 2 heteroatoms. The van der Waals surface area contributed by atoms with Crippen LogP contribution < -0.4 is 0 Å². The molecule has 120 valence electrons. The number of aryl methyl sites for hydroxylation is 1. The Bertz CT molecular complexity index is 1260. The van der Waals surface area contributed by atoms with Gasteiger partial charge in [0.05, 0.1) is 5.02 Å². The van der Waals surface area contributed by atoms with Gasteiger partial charge in [0.25, 0.3) is 0 Å². The van der Waals surface area contributed by atoms with Gasteiger partial charge < -0.3 is 4.42 Å². The van der Waals surface area contributed by atoms with E-state index in [-0.39, 0.29) is 0 Å². The van der Waals surface area contributed by atoms with Crippen LogP contribution in [0.3, 0.4) is 0 Å². The lowest BCUT2D eigenvalue weighted by Crippen LogP contribution is -1.88. The van der Waals surface area contributed by atoms with E-state index < -0.39 is 0 Å². The van der Waals surface area contributed by atoms with Gasteiger partial charge in [-0.05, 0) is 24.1 Å². The number of halogens is 1. The minimum absolute atomic E-state index is 0.781. The van der Waals surface area contributed by atoms with Crippen molar-refractivity contribution in [3.8, 4) is 11.1 Å². The van der Waals surface area contributed by atoms with Crippen LogP contribution in [0, 0.1) is 6.92 Å². The van der Waals surface area contributed by atoms with Gasteiger partial charge >= 0.3 is 0 Å². The molecule has 5 aromatic rings. The summed E-state index contributed by atoms with van der Waals surface area (Å²) in [4.78, 5) is 0. The summed E-state index contributed by atoms with van der Waals surface area (Å²) < 4.78 is 6.26. The van der Waals surface area contributed by atoms with E-state index in [2.05, 4.69) is 49.4 Å². The molecule has 1 heterocycles. The molecule has 4 aromatic carbocycles. The van der Waals surface area contributed by atoms with Crippen LogP contribution in [0.15, 0.2) is 77.2 Å². The van der Waals surface area contributed by atoms with Crippen molar-refractivity contribution < 1.29 is 4.42 Å². The van der Waals surface area contributed by atoms with Crippen LogP contribution >= 0.6 is 11.6 Å². The molecule has 0 N–H and O–H groups in total. The van der Waals surface area contributed by atoms with Crippen LogP contribution in [-0.2, 0) is 0 Å². The van der Waals surface area contributed by atoms with Gasteiger partial charge in [0, 0.05) is 27.1 Å². The Morgan fingerprint density at radius 3 is 2.16 bits per heavy atom. The number of hydrogen-bond donors (Lipinski definition) is 0. The predicted octanol–water partition coefficient (Wildman–Crippen LogP) is 7.37. The van der Waals surface area contributed by atoms with Gasteiger partial charge in [-0.1, -0.05) is 78.3 Å². The second-order valence-electron chi connectivity index (χ2n) is 6.35. The molecular weight excluding hydrogens is 328 g/mol. The molecule has 0 radical (unpaired) electrons. The summed E-state index contributed by atoms with van der Waals surface area (Å²) in [6.07, 6.45) is 0. The zero-order valence-electron chi connectivity index (χ0n) is 13.7. The predicted molar refractivity (Wildman–Crippen MR) is 106 cm³/mol. The molecule has 0 atom stereocenters. The van der Waals surface area contributed by atoms with Crippen LogP contribution in [0.5, 0.6) is 0 Å². The minimum atomic E-state index is 0.781. The van der Waals surface area contributed by atoms with Crippen molar-refractivity contribution in [2.75, 3.05) is 0 Å². The molecule has 0 fully saturated rings. The molecule has 0 aliphatic heterocycles. The van der Waals surface area contributed by atoms with Gasteiger partial charge in [-0.25, -0.2) is 0 Å². The van der Waals surface area contributed by atoms with Crippen molar-refractivity contribution in [2.45, 2.75) is 6.92 Å². The Balaban J connectivity index is 2.12. The quantitative estimate of drug-likeness (QED) is 0.310. The molecule has 1 aromatic heterocycles. The van der Waals surface area contributed by atoms with Crippen molar-refractivity contribution in [3.05, 3.63) is 83.4 Å². The zero-order valence-corrected chi connectivity index (χ0v) is 14.5. The summed E-state index contributed by atoms with van der Waals surface area (Å²) in [5.74, 6) is 0. The van der Waals surface area contributed by atoms with Crippen LogP contribution in [0.4, 0.5) is 0 Å². The first kappa shape index (κ1) is 14.6. The monoisotopic (exact) mass is 342 g/mol. The Morgan fingerprint density at radius 2 is 1.36 bits per heavy atom. The largest absolute Gasteiger partial charge is 0.455 e. The normalized spacial score (nSPS) is 11.6. The minimum Gasteiger partial charge on any atom is -0.455 e. The van der Waals surface area contributed by atoms with Crippen molar-refractivity contribution in [1.82, 2.24) is 0 Å². The highest BCUT2D eigenvalue weighted by atomic mass is 35.5. The Kier molecular flexibility index (Phi) is 3.13. The molecule has 0 saturated carbocycles. The molecule has 0 aliphatic rings. The Morgan fingerprint density at radius 1 is 0.720 bits per heavy atom. The third-order valence-electron chi connectivity index (χ3n) is 4.89. The Labute approximate surface area is 150 Å². The van der Waals surface area contributed by atoms with E-state index in [0.717, 1.165) is 48.9 Å². The van der Waals surface area contributed by atoms with Crippen molar-refractivity contribution in [3.63, 3.8) is 0 Å². The summed E-state index contributed by atoms with van der Waals surface area (Å²) in [5, 5.41) is 5.05. The highest BCUT2D eigenvalue weighted by molar-refractivity contribution is 6.42. The fourth-order valence-electron chi connectivity index (χ4n) is 3.71. The summed E-state index contributed by atoms with van der Waals surface area (Å²) in [6.45, 7) is 2.12. The van der Waals surface area contributed by atoms with Gasteiger partial charge in [0.2, 0.25) is 0 Å². The first-order valence-corrected chi connectivity index (χ1v) is 8.71. The van der Waals surface area contributed by atoms with Crippen LogP contribution in [0.25, 0.3) is 43.8 Å². The molecule has 0 saturated heterocycles. The van der Waals surface area contributed by atoms with Crippen LogP contribution in [0.2, 0.25) is 5.02 Å². The van der Waals surface area contributed by atoms with Gasteiger partial charge in [-0.2, -0.15) is 0 Å². The maximum atomic E-state index is 6.94. The van der Waals surface area contributed by atoms with Crippen molar-refractivity contribution >= 4 is 44.3 Å². The molecule has 0 unspecified atom stereocenters. The molecule has 1 nitrogen and oxygen atoms in total. The van der Waals surface area contributed by atoms with Crippen LogP contribution in [0.1, 0.15) is 5.56 Å². The summed E-state index contributed by atoms with van der Waals surface area (Å²) >= 11 is 6.94. The summed E-state index contributed by atoms with van der Waals surface area (Å²) in [5.41, 5.74) is 5.19. The first-order valence-electron chi connectivity index (χ1n) is 8.33. The second-order valence-corrected chi connectivity index (χ2v) is 6.73. The van der Waals surface area contributed by atoms with E-state index in [1.54, 1.807) is 0 Å². The second kappa shape index (κ2) is 5.37. The molecule has 0 bridgehead atoms. The van der Waals surface area contributed by atoms with E-state index in [4.69, 9.17) is 16.0 Å². The zero-order chi connectivity index (χ0) is 17.0. The molecule has 25 heavy (non-hydrogen) atoms. The van der Waals surface area contributed by atoms with Gasteiger partial charge in [-0.3, -0.25) is 0 Å². The number of hydrogen-bond acceptors (Lipinski definition) is 1. The standard InChI is InChI=1S/C23H15ClO/c1-14-8-2-3-9-15(14)20-21-18-12-6-7-13-19(18)25-23(21)17-11-5-4-10-16(17)22(20)24/h2-13H,1H3. The Hall–Kier alpha value is -2.77. The van der Waals surface area contributed by atoms with Gasteiger partial charge in [0.15, 0.2) is 0 Å². The number of furan rings is 1. The average molecular weight is 343 g/mol. The maximum absolute atomic E-state index is 6.94. The lowest BCUT2D eigenvalue weighted by atomic mass is 9.93. The number of para-hydroxylation sites is 1. The molecular formula is C23H15ClO. The smallest absolute Gasteiger partial charge is 0.143 e. The lowest BCUT2D eigenvalue weighted by molar-refractivity contribution is 0.673. The van der Waals surface area contributed by atoms with E-state index in [1.165, 1.54) is 5.56 Å². The number of fused-ring (bicyclic) bond motifs is 5.